The van der Waals surface area contributed by atoms with E-state index in [0.29, 0.717) is 0 Å². The lowest BCUT2D eigenvalue weighted by Gasteiger charge is -2.08. The maximum Gasteiger partial charge on any atom is 0.128 e. The Morgan fingerprint density at radius 1 is 1.44 bits per heavy atom. The van der Waals surface area contributed by atoms with E-state index in [1.54, 1.807) is 12.6 Å². The lowest BCUT2D eigenvalue weighted by Crippen LogP contribution is -1.93. The molecule has 0 fully saturated rings. The normalized spacial score (nSPS) is 10.4. The summed E-state index contributed by atoms with van der Waals surface area (Å²) in [6, 6.07) is 6.11. The Balaban J connectivity index is 2.57. The van der Waals surface area contributed by atoms with Crippen molar-refractivity contribution in [1.82, 2.24) is 4.98 Å². The molecule has 0 aliphatic heterocycles. The van der Waals surface area contributed by atoms with Crippen molar-refractivity contribution >= 4 is 16.3 Å². The number of nitrogen functional groups attached to an aromatic ring is 1. The molecule has 2 aromatic rings. The minimum absolute atomic E-state index is 0.728. The smallest absolute Gasteiger partial charge is 0.128 e. The van der Waals surface area contributed by atoms with Crippen LogP contribution in [0.25, 0.3) is 11.3 Å². The van der Waals surface area contributed by atoms with Crippen LogP contribution in [0.15, 0.2) is 23.7 Å². The average Bonchev–Trinajstić information content (AvgIpc) is 2.74. The molecule has 3 nitrogen and oxygen atoms in total. The monoisotopic (exact) mass is 234 g/mol. The molecule has 1 aromatic heterocycles. The topological polar surface area (TPSA) is 48.1 Å². The van der Waals surface area contributed by atoms with Gasteiger partial charge in [-0.05, 0) is 24.1 Å². The van der Waals surface area contributed by atoms with E-state index >= 15 is 0 Å². The summed E-state index contributed by atoms with van der Waals surface area (Å²) < 4.78 is 5.33. The van der Waals surface area contributed by atoms with E-state index in [1.807, 2.05) is 6.07 Å². The minimum atomic E-state index is 0.728. The van der Waals surface area contributed by atoms with Gasteiger partial charge in [0, 0.05) is 5.56 Å². The highest BCUT2D eigenvalue weighted by Gasteiger charge is 2.11. The van der Waals surface area contributed by atoms with Gasteiger partial charge in [0.1, 0.15) is 16.4 Å². The number of nitrogens with zero attached hydrogens (tertiary/aromatic N) is 1. The van der Waals surface area contributed by atoms with Gasteiger partial charge in [0.25, 0.3) is 0 Å². The molecule has 0 spiro atoms. The van der Waals surface area contributed by atoms with Crippen LogP contribution in [-0.4, -0.2) is 12.1 Å². The molecule has 2 rings (SSSR count). The third kappa shape index (κ3) is 1.88. The molecule has 0 aliphatic carbocycles. The highest BCUT2D eigenvalue weighted by molar-refractivity contribution is 7.14. The quantitative estimate of drug-likeness (QED) is 0.888. The van der Waals surface area contributed by atoms with E-state index in [4.69, 9.17) is 10.5 Å². The Kier molecular flexibility index (Phi) is 3.10. The van der Waals surface area contributed by atoms with Crippen LogP contribution >= 0.6 is 11.3 Å². The number of benzene rings is 1. The molecule has 16 heavy (non-hydrogen) atoms. The number of ether oxygens (including phenoxy) is 1. The van der Waals surface area contributed by atoms with Gasteiger partial charge >= 0.3 is 0 Å². The largest absolute Gasteiger partial charge is 0.496 e. The van der Waals surface area contributed by atoms with E-state index in [-0.39, 0.29) is 0 Å². The van der Waals surface area contributed by atoms with Gasteiger partial charge in [-0.1, -0.05) is 13.0 Å². The Bertz CT molecular complexity index is 494. The number of thiazole rings is 1. The molecule has 2 N–H and O–H groups in total. The summed E-state index contributed by atoms with van der Waals surface area (Å²) in [7, 11) is 1.66. The van der Waals surface area contributed by atoms with E-state index in [2.05, 4.69) is 24.0 Å². The molecule has 84 valence electrons. The summed E-state index contributed by atoms with van der Waals surface area (Å²) in [5, 5.41) is 0.728. The summed E-state index contributed by atoms with van der Waals surface area (Å²) >= 11 is 1.44. The van der Waals surface area contributed by atoms with Crippen molar-refractivity contribution in [3.05, 3.63) is 29.3 Å². The van der Waals surface area contributed by atoms with Gasteiger partial charge in [0.2, 0.25) is 0 Å². The highest BCUT2D eigenvalue weighted by Crippen LogP contribution is 2.35. The summed E-state index contributed by atoms with van der Waals surface area (Å²) in [5.74, 6) is 0.815. The first-order valence-electron chi connectivity index (χ1n) is 5.12. The molecule has 0 amide bonds. The number of hydrogen-bond donors (Lipinski definition) is 1. The van der Waals surface area contributed by atoms with Gasteiger partial charge < -0.3 is 10.5 Å². The van der Waals surface area contributed by atoms with Gasteiger partial charge in [-0.25, -0.2) is 4.98 Å². The Hall–Kier alpha value is -1.55. The highest BCUT2D eigenvalue weighted by atomic mass is 32.1. The molecule has 0 saturated carbocycles. The van der Waals surface area contributed by atoms with Crippen LogP contribution in [0.3, 0.4) is 0 Å². The second kappa shape index (κ2) is 4.53. The maximum atomic E-state index is 5.89. The third-order valence-electron chi connectivity index (χ3n) is 2.52. The van der Waals surface area contributed by atoms with Crippen LogP contribution in [0.1, 0.15) is 12.5 Å². The molecule has 0 saturated heterocycles. The zero-order valence-corrected chi connectivity index (χ0v) is 10.2. The second-order valence-corrected chi connectivity index (χ2v) is 4.34. The van der Waals surface area contributed by atoms with Crippen LogP contribution in [0, 0.1) is 0 Å². The summed E-state index contributed by atoms with van der Waals surface area (Å²) in [6.07, 6.45) is 0.987. The first-order valence-corrected chi connectivity index (χ1v) is 6.00. The van der Waals surface area contributed by atoms with E-state index in [1.165, 1.54) is 16.9 Å². The standard InChI is InChI=1S/C12H14N2OS/c1-3-8-4-5-10(15-2)9(6-8)11-12(13)16-7-14-11/h4-7H,3,13H2,1-2H3. The van der Waals surface area contributed by atoms with E-state index < -0.39 is 0 Å². The number of hydrogen-bond acceptors (Lipinski definition) is 4. The Morgan fingerprint density at radius 2 is 2.25 bits per heavy atom. The van der Waals surface area contributed by atoms with Gasteiger partial charge in [0.15, 0.2) is 0 Å². The molecule has 0 unspecified atom stereocenters. The van der Waals surface area contributed by atoms with E-state index in [0.717, 1.165) is 28.4 Å². The summed E-state index contributed by atoms with van der Waals surface area (Å²) in [4.78, 5) is 4.28. The predicted octanol–water partition coefficient (Wildman–Crippen LogP) is 2.96. The molecule has 0 bridgehead atoms. The maximum absolute atomic E-state index is 5.89. The predicted molar refractivity (Wildman–Crippen MR) is 67.9 cm³/mol. The molecule has 0 radical (unpaired) electrons. The fraction of sp³-hybridized carbons (Fsp3) is 0.250. The van der Waals surface area contributed by atoms with Crippen molar-refractivity contribution in [2.75, 3.05) is 12.8 Å². The lowest BCUT2D eigenvalue weighted by molar-refractivity contribution is 0.416. The molecule has 4 heteroatoms. The summed E-state index contributed by atoms with van der Waals surface area (Å²) in [5.41, 5.74) is 10.7. The van der Waals surface area contributed by atoms with Crippen LogP contribution in [0.4, 0.5) is 5.00 Å². The van der Waals surface area contributed by atoms with Crippen LogP contribution in [0.2, 0.25) is 0 Å². The number of nitrogens with two attached hydrogens (primary N) is 1. The zero-order valence-electron chi connectivity index (χ0n) is 9.36. The van der Waals surface area contributed by atoms with E-state index in [9.17, 15) is 0 Å². The first-order chi connectivity index (χ1) is 7.76. The lowest BCUT2D eigenvalue weighted by atomic mass is 10.1. The van der Waals surface area contributed by atoms with Gasteiger partial charge in [-0.2, -0.15) is 0 Å². The molecule has 1 heterocycles. The number of aryl methyl sites for hydroxylation is 1. The molecule has 0 aliphatic rings. The Morgan fingerprint density at radius 3 is 2.81 bits per heavy atom. The van der Waals surface area contributed by atoms with Gasteiger partial charge in [0.05, 0.1) is 12.6 Å². The number of anilines is 1. The SMILES string of the molecule is CCc1ccc(OC)c(-c2ncsc2N)c1. The number of rotatable bonds is 3. The first kappa shape index (κ1) is 11.0. The minimum Gasteiger partial charge on any atom is -0.496 e. The summed E-state index contributed by atoms with van der Waals surface area (Å²) in [6.45, 7) is 2.12. The van der Waals surface area contributed by atoms with Crippen molar-refractivity contribution in [3.63, 3.8) is 0 Å². The van der Waals surface area contributed by atoms with Gasteiger partial charge in [-0.3, -0.25) is 0 Å². The van der Waals surface area contributed by atoms with Crippen molar-refractivity contribution < 1.29 is 4.74 Å². The van der Waals surface area contributed by atoms with Crippen molar-refractivity contribution in [3.8, 4) is 17.0 Å². The van der Waals surface area contributed by atoms with Crippen molar-refractivity contribution in [2.45, 2.75) is 13.3 Å². The fourth-order valence-electron chi connectivity index (χ4n) is 1.62. The van der Waals surface area contributed by atoms with Gasteiger partial charge in [-0.15, -0.1) is 11.3 Å². The molecule has 0 atom stereocenters. The van der Waals surface area contributed by atoms with Crippen LogP contribution < -0.4 is 10.5 Å². The number of methoxy groups -OCH3 is 1. The van der Waals surface area contributed by atoms with Crippen molar-refractivity contribution in [2.24, 2.45) is 0 Å². The third-order valence-corrected chi connectivity index (χ3v) is 3.18. The van der Waals surface area contributed by atoms with Crippen LogP contribution in [0.5, 0.6) is 5.75 Å². The molecular formula is C12H14N2OS. The molecule has 1 aromatic carbocycles. The average molecular weight is 234 g/mol. The van der Waals surface area contributed by atoms with Crippen molar-refractivity contribution in [1.29, 1.82) is 0 Å². The zero-order chi connectivity index (χ0) is 11.5. The number of aromatic nitrogens is 1. The van der Waals surface area contributed by atoms with Crippen LogP contribution in [-0.2, 0) is 6.42 Å². The fourth-order valence-corrected chi connectivity index (χ4v) is 2.16. The molecular weight excluding hydrogens is 220 g/mol. The Labute approximate surface area is 98.9 Å². The second-order valence-electron chi connectivity index (χ2n) is 3.45.